The topological polar surface area (TPSA) is 12.0 Å². The van der Waals surface area contributed by atoms with Crippen LogP contribution in [0.2, 0.25) is 10.0 Å². The Morgan fingerprint density at radius 1 is 1.37 bits per heavy atom. The van der Waals surface area contributed by atoms with E-state index in [1.165, 1.54) is 25.0 Å². The van der Waals surface area contributed by atoms with Gasteiger partial charge in [-0.15, -0.1) is 0 Å². The van der Waals surface area contributed by atoms with Gasteiger partial charge in [0.15, 0.2) is 0 Å². The van der Waals surface area contributed by atoms with Gasteiger partial charge in [-0.1, -0.05) is 42.6 Å². The molecule has 1 heterocycles. The van der Waals surface area contributed by atoms with E-state index in [1.807, 2.05) is 18.2 Å². The molecule has 0 aliphatic carbocycles. The van der Waals surface area contributed by atoms with Gasteiger partial charge in [-0.2, -0.15) is 11.8 Å². The van der Waals surface area contributed by atoms with E-state index in [9.17, 15) is 0 Å². The normalized spacial score (nSPS) is 21.3. The molecular formula is C15H21Cl2NS. The third-order valence-electron chi connectivity index (χ3n) is 3.61. The van der Waals surface area contributed by atoms with Crippen molar-refractivity contribution in [2.24, 2.45) is 0 Å². The first-order valence-electron chi connectivity index (χ1n) is 7.00. The van der Waals surface area contributed by atoms with Crippen LogP contribution < -0.4 is 5.32 Å². The lowest BCUT2D eigenvalue weighted by atomic mass is 10.0. The molecule has 0 amide bonds. The number of hydrogen-bond donors (Lipinski definition) is 1. The third kappa shape index (κ3) is 4.56. The Morgan fingerprint density at radius 2 is 2.21 bits per heavy atom. The van der Waals surface area contributed by atoms with Crippen molar-refractivity contribution in [1.82, 2.24) is 5.32 Å². The Labute approximate surface area is 130 Å². The molecule has 1 saturated heterocycles. The summed E-state index contributed by atoms with van der Waals surface area (Å²) in [6.07, 6.45) is 5.13. The zero-order valence-corrected chi connectivity index (χ0v) is 13.6. The molecule has 0 aromatic heterocycles. The minimum atomic E-state index is 0.326. The van der Waals surface area contributed by atoms with Crippen LogP contribution in [0.15, 0.2) is 18.2 Å². The lowest BCUT2D eigenvalue weighted by molar-refractivity contribution is 0.500. The summed E-state index contributed by atoms with van der Waals surface area (Å²) in [5.41, 5.74) is 1.16. The Kier molecular flexibility index (Phi) is 6.34. The highest BCUT2D eigenvalue weighted by atomic mass is 35.5. The van der Waals surface area contributed by atoms with Gasteiger partial charge in [-0.25, -0.2) is 0 Å². The first-order valence-corrected chi connectivity index (χ1v) is 8.81. The molecule has 2 unspecified atom stereocenters. The van der Waals surface area contributed by atoms with Gasteiger partial charge in [-0.3, -0.25) is 0 Å². The number of benzene rings is 1. The molecule has 1 aromatic carbocycles. The van der Waals surface area contributed by atoms with Gasteiger partial charge in [0.1, 0.15) is 0 Å². The highest BCUT2D eigenvalue weighted by molar-refractivity contribution is 7.99. The Hall–Kier alpha value is 0.110. The predicted octanol–water partition coefficient (Wildman–Crippen LogP) is 5.32. The predicted molar refractivity (Wildman–Crippen MR) is 87.6 cm³/mol. The van der Waals surface area contributed by atoms with E-state index in [0.717, 1.165) is 28.8 Å². The molecule has 1 aromatic rings. The van der Waals surface area contributed by atoms with Gasteiger partial charge in [0.25, 0.3) is 0 Å². The summed E-state index contributed by atoms with van der Waals surface area (Å²) >= 11 is 14.4. The van der Waals surface area contributed by atoms with Crippen LogP contribution in [0.25, 0.3) is 0 Å². The second kappa shape index (κ2) is 7.78. The average molecular weight is 318 g/mol. The number of nitrogens with one attached hydrogen (secondary N) is 1. The first-order chi connectivity index (χ1) is 9.20. The minimum Gasteiger partial charge on any atom is -0.309 e. The van der Waals surface area contributed by atoms with Crippen LogP contribution >= 0.6 is 35.0 Å². The minimum absolute atomic E-state index is 0.326. The Bertz CT molecular complexity index is 405. The summed E-state index contributed by atoms with van der Waals surface area (Å²) in [4.78, 5) is 0. The quantitative estimate of drug-likeness (QED) is 0.788. The summed E-state index contributed by atoms with van der Waals surface area (Å²) in [5, 5.41) is 5.89. The second-order valence-corrected chi connectivity index (χ2v) is 7.28. The molecule has 0 radical (unpaired) electrons. The van der Waals surface area contributed by atoms with E-state index in [2.05, 4.69) is 24.0 Å². The molecule has 0 spiro atoms. The van der Waals surface area contributed by atoms with Crippen molar-refractivity contribution in [2.75, 3.05) is 12.3 Å². The van der Waals surface area contributed by atoms with E-state index in [0.29, 0.717) is 11.1 Å². The molecule has 1 nitrogen and oxygen atoms in total. The highest BCUT2D eigenvalue weighted by Crippen LogP contribution is 2.29. The molecule has 2 atom stereocenters. The molecular weight excluding hydrogens is 297 g/mol. The fraction of sp³-hybridized carbons (Fsp3) is 0.600. The lowest BCUT2D eigenvalue weighted by Gasteiger charge is -2.25. The van der Waals surface area contributed by atoms with Gasteiger partial charge >= 0.3 is 0 Å². The summed E-state index contributed by atoms with van der Waals surface area (Å²) < 4.78 is 0. The third-order valence-corrected chi connectivity index (χ3v) is 5.57. The van der Waals surface area contributed by atoms with Crippen molar-refractivity contribution in [1.29, 1.82) is 0 Å². The van der Waals surface area contributed by atoms with Gasteiger partial charge in [0, 0.05) is 27.9 Å². The highest BCUT2D eigenvalue weighted by Gasteiger charge is 2.17. The molecule has 1 N–H and O–H groups in total. The van der Waals surface area contributed by atoms with Crippen LogP contribution in [0.5, 0.6) is 0 Å². The zero-order chi connectivity index (χ0) is 13.7. The summed E-state index contributed by atoms with van der Waals surface area (Å²) in [5.74, 6) is 1.31. The van der Waals surface area contributed by atoms with Crippen molar-refractivity contribution in [3.8, 4) is 0 Å². The number of thioether (sulfide) groups is 1. The molecule has 0 bridgehead atoms. The number of hydrogen-bond acceptors (Lipinski definition) is 2. The standard InChI is InChI=1S/C15H21Cl2NS/c1-2-15(13-7-6-11(16)9-14(13)17)18-10-12-5-3-4-8-19-12/h6-7,9,12,15,18H,2-5,8,10H2,1H3. The monoisotopic (exact) mass is 317 g/mol. The number of halogens is 2. The van der Waals surface area contributed by atoms with Gasteiger partial charge in [0.05, 0.1) is 0 Å². The Morgan fingerprint density at radius 3 is 2.84 bits per heavy atom. The van der Waals surface area contributed by atoms with Crippen LogP contribution in [0, 0.1) is 0 Å². The SMILES string of the molecule is CCC(NCC1CCCCS1)c1ccc(Cl)cc1Cl. The molecule has 2 rings (SSSR count). The smallest absolute Gasteiger partial charge is 0.0468 e. The van der Waals surface area contributed by atoms with Crippen molar-refractivity contribution >= 4 is 35.0 Å². The van der Waals surface area contributed by atoms with Crippen LogP contribution in [0.4, 0.5) is 0 Å². The molecule has 19 heavy (non-hydrogen) atoms. The molecule has 0 saturated carbocycles. The molecule has 1 fully saturated rings. The van der Waals surface area contributed by atoms with Crippen molar-refractivity contribution < 1.29 is 0 Å². The van der Waals surface area contributed by atoms with E-state index in [1.54, 1.807) is 0 Å². The summed E-state index contributed by atoms with van der Waals surface area (Å²) in [6.45, 7) is 3.26. The van der Waals surface area contributed by atoms with Crippen molar-refractivity contribution in [3.63, 3.8) is 0 Å². The maximum atomic E-state index is 6.29. The van der Waals surface area contributed by atoms with Gasteiger partial charge in [-0.05, 0) is 42.7 Å². The van der Waals surface area contributed by atoms with E-state index < -0.39 is 0 Å². The van der Waals surface area contributed by atoms with Crippen LogP contribution in [-0.2, 0) is 0 Å². The van der Waals surface area contributed by atoms with Crippen LogP contribution in [0.1, 0.15) is 44.2 Å². The van der Waals surface area contributed by atoms with E-state index >= 15 is 0 Å². The average Bonchev–Trinajstić information content (AvgIpc) is 2.42. The van der Waals surface area contributed by atoms with Gasteiger partial charge < -0.3 is 5.32 Å². The fourth-order valence-corrected chi connectivity index (χ4v) is 4.29. The molecule has 106 valence electrons. The number of rotatable bonds is 5. The molecule has 1 aliphatic heterocycles. The van der Waals surface area contributed by atoms with Gasteiger partial charge in [0.2, 0.25) is 0 Å². The summed E-state index contributed by atoms with van der Waals surface area (Å²) in [6, 6.07) is 6.12. The summed E-state index contributed by atoms with van der Waals surface area (Å²) in [7, 11) is 0. The largest absolute Gasteiger partial charge is 0.309 e. The van der Waals surface area contributed by atoms with Crippen LogP contribution in [-0.4, -0.2) is 17.5 Å². The maximum Gasteiger partial charge on any atom is 0.0468 e. The van der Waals surface area contributed by atoms with E-state index in [4.69, 9.17) is 23.2 Å². The molecule has 1 aliphatic rings. The fourth-order valence-electron chi connectivity index (χ4n) is 2.50. The Balaban J connectivity index is 1.95. The molecule has 4 heteroatoms. The van der Waals surface area contributed by atoms with Crippen molar-refractivity contribution in [2.45, 2.75) is 43.9 Å². The van der Waals surface area contributed by atoms with E-state index in [-0.39, 0.29) is 0 Å². The second-order valence-electron chi connectivity index (χ2n) is 5.02. The maximum absolute atomic E-state index is 6.29. The zero-order valence-electron chi connectivity index (χ0n) is 11.3. The van der Waals surface area contributed by atoms with Crippen LogP contribution in [0.3, 0.4) is 0 Å². The lowest BCUT2D eigenvalue weighted by Crippen LogP contribution is -2.30. The first kappa shape index (κ1) is 15.5. The van der Waals surface area contributed by atoms with Crippen molar-refractivity contribution in [3.05, 3.63) is 33.8 Å².